The fourth-order valence-electron chi connectivity index (χ4n) is 2.70. The highest BCUT2D eigenvalue weighted by molar-refractivity contribution is 7.90. The van der Waals surface area contributed by atoms with E-state index in [1.54, 1.807) is 36.4 Å². The molecule has 0 N–H and O–H groups in total. The number of hydrogen-bond donors (Lipinski definition) is 0. The van der Waals surface area contributed by atoms with E-state index in [-0.39, 0.29) is 29.0 Å². The van der Waals surface area contributed by atoms with Gasteiger partial charge in [0.25, 0.3) is 11.0 Å². The van der Waals surface area contributed by atoms with Gasteiger partial charge in [-0.05, 0) is 35.4 Å². The number of nitrogens with zero attached hydrogens (tertiary/aromatic N) is 4. The van der Waals surface area contributed by atoms with Gasteiger partial charge in [-0.25, -0.2) is 13.4 Å². The summed E-state index contributed by atoms with van der Waals surface area (Å²) in [6.45, 7) is 0.214. The van der Waals surface area contributed by atoms with Gasteiger partial charge in [0.15, 0.2) is 0 Å². The third-order valence-corrected chi connectivity index (χ3v) is 6.15. The first-order valence-corrected chi connectivity index (χ1v) is 10.9. The van der Waals surface area contributed by atoms with Crippen LogP contribution in [0.15, 0.2) is 66.1 Å². The highest BCUT2D eigenvalue weighted by atomic mass is 35.5. The van der Waals surface area contributed by atoms with Crippen molar-refractivity contribution < 1.29 is 13.2 Å². The van der Waals surface area contributed by atoms with Gasteiger partial charge in [-0.2, -0.15) is 0 Å². The van der Waals surface area contributed by atoms with Gasteiger partial charge in [-0.1, -0.05) is 47.5 Å². The molecule has 2 aromatic carbocycles. The summed E-state index contributed by atoms with van der Waals surface area (Å²) in [5, 5.41) is 8.80. The molecule has 0 radical (unpaired) electrons. The maximum atomic E-state index is 12.9. The molecule has 148 valence electrons. The second-order valence-electron chi connectivity index (χ2n) is 6.21. The Hall–Kier alpha value is -2.68. The standard InChI is InChI=1S/C19H14Cl2N4O3S/c20-15-5-1-13(2-6-15)11-28-18-17-22-9-10-25(17)19(24-23-18)29(26,27)12-14-3-7-16(21)8-4-14/h1-10H,11-12H2. The Morgan fingerprint density at radius 1 is 0.897 bits per heavy atom. The monoisotopic (exact) mass is 448 g/mol. The van der Waals surface area contributed by atoms with Gasteiger partial charge in [-0.3, -0.25) is 4.40 Å². The molecule has 0 aliphatic heterocycles. The zero-order chi connectivity index (χ0) is 20.4. The topological polar surface area (TPSA) is 86.5 Å². The summed E-state index contributed by atoms with van der Waals surface area (Å²) in [4.78, 5) is 4.17. The first-order chi connectivity index (χ1) is 13.9. The minimum Gasteiger partial charge on any atom is -0.469 e. The molecule has 4 rings (SSSR count). The fraction of sp³-hybridized carbons (Fsp3) is 0.105. The quantitative estimate of drug-likeness (QED) is 0.443. The summed E-state index contributed by atoms with van der Waals surface area (Å²) in [5.41, 5.74) is 1.73. The number of rotatable bonds is 6. The minimum atomic E-state index is -3.78. The highest BCUT2D eigenvalue weighted by Gasteiger charge is 2.23. The molecule has 0 saturated carbocycles. The number of ether oxygens (including phenoxy) is 1. The molecular weight excluding hydrogens is 435 g/mol. The number of halogens is 2. The van der Waals surface area contributed by atoms with Crippen molar-refractivity contribution in [3.63, 3.8) is 0 Å². The number of aromatic nitrogens is 4. The third kappa shape index (κ3) is 4.34. The Kier molecular flexibility index (Phi) is 5.40. The van der Waals surface area contributed by atoms with Gasteiger partial charge >= 0.3 is 0 Å². The zero-order valence-electron chi connectivity index (χ0n) is 14.9. The fourth-order valence-corrected chi connectivity index (χ4v) is 4.32. The Morgan fingerprint density at radius 3 is 2.17 bits per heavy atom. The molecule has 0 fully saturated rings. The number of fused-ring (bicyclic) bond motifs is 1. The number of imidazole rings is 1. The first kappa shape index (κ1) is 19.6. The zero-order valence-corrected chi connectivity index (χ0v) is 17.2. The van der Waals surface area contributed by atoms with Crippen molar-refractivity contribution in [1.29, 1.82) is 0 Å². The average molecular weight is 449 g/mol. The molecule has 4 aromatic rings. The van der Waals surface area contributed by atoms with Crippen LogP contribution in [0, 0.1) is 0 Å². The van der Waals surface area contributed by atoms with Crippen molar-refractivity contribution in [2.75, 3.05) is 0 Å². The van der Waals surface area contributed by atoms with E-state index in [9.17, 15) is 8.42 Å². The molecule has 10 heteroatoms. The van der Waals surface area contributed by atoms with Crippen LogP contribution >= 0.6 is 23.2 Å². The van der Waals surface area contributed by atoms with Crippen molar-refractivity contribution in [3.05, 3.63) is 82.1 Å². The van der Waals surface area contributed by atoms with E-state index in [1.807, 2.05) is 12.1 Å². The van der Waals surface area contributed by atoms with E-state index in [4.69, 9.17) is 27.9 Å². The van der Waals surface area contributed by atoms with Gasteiger partial charge in [0.05, 0.1) is 5.75 Å². The number of benzene rings is 2. The lowest BCUT2D eigenvalue weighted by molar-refractivity contribution is 0.290. The minimum absolute atomic E-state index is 0.135. The summed E-state index contributed by atoms with van der Waals surface area (Å²) >= 11 is 11.7. The molecular formula is C19H14Cl2N4O3S. The molecule has 0 atom stereocenters. The summed E-state index contributed by atoms with van der Waals surface area (Å²) < 4.78 is 32.8. The Bertz CT molecular complexity index is 1260. The van der Waals surface area contributed by atoms with E-state index in [0.717, 1.165) is 5.56 Å². The van der Waals surface area contributed by atoms with E-state index in [2.05, 4.69) is 15.2 Å². The lowest BCUT2D eigenvalue weighted by atomic mass is 10.2. The Balaban J connectivity index is 1.61. The summed E-state index contributed by atoms with van der Waals surface area (Å²) in [6, 6.07) is 13.7. The second-order valence-corrected chi connectivity index (χ2v) is 8.97. The van der Waals surface area contributed by atoms with E-state index in [0.29, 0.717) is 15.6 Å². The van der Waals surface area contributed by atoms with Crippen LogP contribution in [0.1, 0.15) is 11.1 Å². The molecule has 0 aliphatic rings. The number of sulfone groups is 1. The molecule has 2 aromatic heterocycles. The van der Waals surface area contributed by atoms with Crippen molar-refractivity contribution in [2.45, 2.75) is 17.5 Å². The van der Waals surface area contributed by atoms with Gasteiger partial charge < -0.3 is 4.74 Å². The maximum Gasteiger partial charge on any atom is 0.278 e. The van der Waals surface area contributed by atoms with E-state index >= 15 is 0 Å². The molecule has 29 heavy (non-hydrogen) atoms. The van der Waals surface area contributed by atoms with Crippen LogP contribution in [0.25, 0.3) is 5.65 Å². The Morgan fingerprint density at radius 2 is 1.52 bits per heavy atom. The van der Waals surface area contributed by atoms with Crippen LogP contribution in [0.3, 0.4) is 0 Å². The Labute approximate surface area is 176 Å². The molecule has 0 amide bonds. The summed E-state index contributed by atoms with van der Waals surface area (Å²) in [5.74, 6) is -0.104. The van der Waals surface area contributed by atoms with Gasteiger partial charge in [0, 0.05) is 22.4 Å². The van der Waals surface area contributed by atoms with Crippen LogP contribution in [0.4, 0.5) is 0 Å². The molecule has 2 heterocycles. The van der Waals surface area contributed by atoms with Gasteiger partial charge in [0.1, 0.15) is 6.61 Å². The highest BCUT2D eigenvalue weighted by Crippen LogP contribution is 2.22. The first-order valence-electron chi connectivity index (χ1n) is 8.46. The van der Waals surface area contributed by atoms with E-state index < -0.39 is 9.84 Å². The van der Waals surface area contributed by atoms with Crippen molar-refractivity contribution >= 4 is 38.7 Å². The van der Waals surface area contributed by atoms with Crippen LogP contribution in [-0.2, 0) is 22.2 Å². The molecule has 0 spiro atoms. The largest absolute Gasteiger partial charge is 0.469 e. The lowest BCUT2D eigenvalue weighted by Crippen LogP contribution is -2.14. The smallest absolute Gasteiger partial charge is 0.278 e. The van der Waals surface area contributed by atoms with Crippen molar-refractivity contribution in [3.8, 4) is 5.88 Å². The third-order valence-electron chi connectivity index (χ3n) is 4.10. The number of hydrogen-bond acceptors (Lipinski definition) is 6. The average Bonchev–Trinajstić information content (AvgIpc) is 3.19. The molecule has 7 nitrogen and oxygen atoms in total. The van der Waals surface area contributed by atoms with Crippen LogP contribution in [0.2, 0.25) is 10.0 Å². The van der Waals surface area contributed by atoms with Gasteiger partial charge in [-0.15, -0.1) is 10.2 Å². The summed E-state index contributed by atoms with van der Waals surface area (Å²) in [6.07, 6.45) is 2.98. The predicted molar refractivity (Wildman–Crippen MR) is 109 cm³/mol. The van der Waals surface area contributed by atoms with Gasteiger partial charge in [0.2, 0.25) is 15.5 Å². The molecule has 0 saturated heterocycles. The molecule has 0 aliphatic carbocycles. The predicted octanol–water partition coefficient (Wildman–Crippen LogP) is 3.98. The van der Waals surface area contributed by atoms with Crippen molar-refractivity contribution in [2.24, 2.45) is 0 Å². The lowest BCUT2D eigenvalue weighted by Gasteiger charge is -2.09. The van der Waals surface area contributed by atoms with Crippen LogP contribution in [-0.4, -0.2) is 28.0 Å². The van der Waals surface area contributed by atoms with Crippen molar-refractivity contribution in [1.82, 2.24) is 19.6 Å². The van der Waals surface area contributed by atoms with Crippen LogP contribution in [0.5, 0.6) is 5.88 Å². The maximum absolute atomic E-state index is 12.9. The molecule has 0 bridgehead atoms. The summed E-state index contributed by atoms with van der Waals surface area (Å²) in [7, 11) is -3.78. The van der Waals surface area contributed by atoms with E-state index in [1.165, 1.54) is 16.8 Å². The molecule has 0 unspecified atom stereocenters. The van der Waals surface area contributed by atoms with Crippen LogP contribution < -0.4 is 4.74 Å². The second kappa shape index (κ2) is 7.98. The SMILES string of the molecule is O=S(=O)(Cc1ccc(Cl)cc1)c1nnc(OCc2ccc(Cl)cc2)c2nccn12. The normalized spacial score (nSPS) is 11.7.